The number of carbonyl (C=O) groups is 1. The molecule has 6 rings (SSSR count). The number of aromatic nitrogens is 2. The Balaban J connectivity index is 1.37. The van der Waals surface area contributed by atoms with Crippen molar-refractivity contribution in [3.63, 3.8) is 0 Å². The number of nitrogens with zero attached hydrogens (tertiary/aromatic N) is 2. The van der Waals surface area contributed by atoms with Gasteiger partial charge in [-0.1, -0.05) is 6.07 Å². The van der Waals surface area contributed by atoms with Crippen molar-refractivity contribution < 1.29 is 27.1 Å². The van der Waals surface area contributed by atoms with E-state index < -0.39 is 12.7 Å². The number of halogens is 4. The second-order valence-corrected chi connectivity index (χ2v) is 10.3. The molecule has 38 heavy (non-hydrogen) atoms. The first-order chi connectivity index (χ1) is 18.2. The number of nitrogens with one attached hydrogen (secondary N) is 3. The summed E-state index contributed by atoms with van der Waals surface area (Å²) in [6.07, 6.45) is 1.30. The maximum atomic E-state index is 14.4. The summed E-state index contributed by atoms with van der Waals surface area (Å²) in [7, 11) is 0. The second-order valence-electron chi connectivity index (χ2n) is 10.3. The number of fused-ring (bicyclic) bond motifs is 2. The number of H-pyrrole nitrogens is 1. The van der Waals surface area contributed by atoms with E-state index in [2.05, 4.69) is 20.6 Å². The van der Waals surface area contributed by atoms with E-state index in [1.807, 2.05) is 0 Å². The number of alkyl halides is 3. The lowest BCUT2D eigenvalue weighted by Crippen LogP contribution is -2.54. The molecule has 1 saturated heterocycles. The summed E-state index contributed by atoms with van der Waals surface area (Å²) in [6.45, 7) is 1.67. The Morgan fingerprint density at radius 1 is 1.26 bits per heavy atom. The van der Waals surface area contributed by atoms with Gasteiger partial charge >= 0.3 is 6.18 Å². The number of likely N-dealkylation sites (tertiary alicyclic amines) is 1. The molecule has 1 atom stereocenters. The Morgan fingerprint density at radius 3 is 2.79 bits per heavy atom. The Bertz CT molecular complexity index is 1400. The SMILES string of the molecule is Cc1c(F)cccc1Nc1c(-c2ccncc2OC[C@H]2CCN2CC(F)(F)F)[nH]c2c1C(=O)NCC21CC1. The molecule has 0 unspecified atom stereocenters. The third-order valence-electron chi connectivity index (χ3n) is 7.86. The van der Waals surface area contributed by atoms with Crippen LogP contribution in [0, 0.1) is 12.7 Å². The quantitative estimate of drug-likeness (QED) is 0.373. The highest BCUT2D eigenvalue weighted by atomic mass is 19.4. The van der Waals surface area contributed by atoms with Gasteiger partial charge in [0.25, 0.3) is 5.91 Å². The summed E-state index contributed by atoms with van der Waals surface area (Å²) in [5, 5.41) is 6.28. The van der Waals surface area contributed by atoms with Crippen molar-refractivity contribution in [2.24, 2.45) is 0 Å². The minimum Gasteiger partial charge on any atom is -0.490 e. The molecule has 1 spiro atoms. The first kappa shape index (κ1) is 24.7. The third-order valence-corrected chi connectivity index (χ3v) is 7.86. The number of hydrogen-bond donors (Lipinski definition) is 3. The van der Waals surface area contributed by atoms with Crippen molar-refractivity contribution in [1.29, 1.82) is 0 Å². The second kappa shape index (κ2) is 9.00. The number of rotatable bonds is 7. The third kappa shape index (κ3) is 4.38. The van der Waals surface area contributed by atoms with Crippen LogP contribution in [0.2, 0.25) is 0 Å². The van der Waals surface area contributed by atoms with E-state index in [-0.39, 0.29) is 29.8 Å². The van der Waals surface area contributed by atoms with Crippen molar-refractivity contribution in [2.45, 2.75) is 43.8 Å². The Hall–Kier alpha value is -3.60. The zero-order valence-electron chi connectivity index (χ0n) is 20.7. The van der Waals surface area contributed by atoms with E-state index in [0.29, 0.717) is 59.0 Å². The van der Waals surface area contributed by atoms with Gasteiger partial charge in [-0.3, -0.25) is 14.7 Å². The summed E-state index contributed by atoms with van der Waals surface area (Å²) in [4.78, 5) is 22.1. The lowest BCUT2D eigenvalue weighted by molar-refractivity contribution is -0.163. The molecule has 1 aromatic carbocycles. The highest BCUT2D eigenvalue weighted by molar-refractivity contribution is 6.07. The molecule has 3 N–H and O–H groups in total. The minimum absolute atomic E-state index is 0.0748. The van der Waals surface area contributed by atoms with E-state index in [1.165, 1.54) is 17.2 Å². The molecule has 3 aliphatic rings. The number of hydrogen-bond acceptors (Lipinski definition) is 5. The normalized spacial score (nSPS) is 20.0. The van der Waals surface area contributed by atoms with E-state index >= 15 is 0 Å². The Morgan fingerprint density at radius 2 is 2.08 bits per heavy atom. The summed E-state index contributed by atoms with van der Waals surface area (Å²) < 4.78 is 59.0. The van der Waals surface area contributed by atoms with E-state index in [4.69, 9.17) is 4.74 Å². The summed E-state index contributed by atoms with van der Waals surface area (Å²) in [6, 6.07) is 6.09. The van der Waals surface area contributed by atoms with Crippen molar-refractivity contribution in [1.82, 2.24) is 20.2 Å². The lowest BCUT2D eigenvalue weighted by Gasteiger charge is -2.40. The first-order valence-electron chi connectivity index (χ1n) is 12.6. The minimum atomic E-state index is -4.27. The molecule has 7 nitrogen and oxygen atoms in total. The molecular formula is C27H27F4N5O2. The molecule has 2 aromatic heterocycles. The van der Waals surface area contributed by atoms with Gasteiger partial charge in [0.15, 0.2) is 0 Å². The molecular weight excluding hydrogens is 502 g/mol. The lowest BCUT2D eigenvalue weighted by atomic mass is 9.93. The van der Waals surface area contributed by atoms with Crippen LogP contribution < -0.4 is 15.4 Å². The highest BCUT2D eigenvalue weighted by Crippen LogP contribution is 2.54. The Labute approximate surface area is 216 Å². The van der Waals surface area contributed by atoms with Gasteiger partial charge in [0.2, 0.25) is 0 Å². The fraction of sp³-hybridized carbons (Fsp3) is 0.407. The van der Waals surface area contributed by atoms with Gasteiger partial charge in [0, 0.05) is 53.3 Å². The predicted octanol–water partition coefficient (Wildman–Crippen LogP) is 5.06. The number of carbonyl (C=O) groups excluding carboxylic acids is 1. The summed E-state index contributed by atoms with van der Waals surface area (Å²) >= 11 is 0. The van der Waals surface area contributed by atoms with Crippen LogP contribution in [-0.4, -0.2) is 59.2 Å². The predicted molar refractivity (Wildman–Crippen MR) is 133 cm³/mol. The van der Waals surface area contributed by atoms with E-state index in [9.17, 15) is 22.4 Å². The fourth-order valence-electron chi connectivity index (χ4n) is 5.34. The molecule has 1 saturated carbocycles. The van der Waals surface area contributed by atoms with E-state index in [1.54, 1.807) is 31.3 Å². The molecule has 0 radical (unpaired) electrons. The summed E-state index contributed by atoms with van der Waals surface area (Å²) in [5.41, 5.74) is 3.74. The van der Waals surface area contributed by atoms with Crippen molar-refractivity contribution in [3.05, 3.63) is 59.3 Å². The van der Waals surface area contributed by atoms with Crippen molar-refractivity contribution >= 4 is 17.3 Å². The van der Waals surface area contributed by atoms with Crippen LogP contribution in [0.3, 0.4) is 0 Å². The van der Waals surface area contributed by atoms with Crippen LogP contribution in [0.1, 0.15) is 40.9 Å². The average molecular weight is 530 g/mol. The number of ether oxygens (including phenoxy) is 1. The van der Waals surface area contributed by atoms with Crippen LogP contribution in [0.4, 0.5) is 28.9 Å². The monoisotopic (exact) mass is 529 g/mol. The van der Waals surface area contributed by atoms with E-state index in [0.717, 1.165) is 18.5 Å². The zero-order valence-corrected chi connectivity index (χ0v) is 20.7. The number of aromatic amines is 1. The number of benzene rings is 1. The van der Waals surface area contributed by atoms with Gasteiger partial charge in [-0.2, -0.15) is 13.2 Å². The first-order valence-corrected chi connectivity index (χ1v) is 12.6. The molecule has 11 heteroatoms. The fourth-order valence-corrected chi connectivity index (χ4v) is 5.34. The average Bonchev–Trinajstić information content (AvgIpc) is 3.55. The molecule has 2 aliphatic heterocycles. The van der Waals surface area contributed by atoms with Crippen LogP contribution in [0.25, 0.3) is 11.3 Å². The standard InChI is InChI=1S/C27H27F4N5O2/c1-15-18(28)3-2-4-19(15)34-23-21-24(26(7-8-26)13-33-25(21)37)35-22(23)17-5-9-32-11-20(17)38-12-16-6-10-36(16)14-27(29,30)31/h2-5,9,11,16,34-35H,6-8,10,12-14H2,1H3,(H,33,37)/t16-/m1/s1. The highest BCUT2D eigenvalue weighted by Gasteiger charge is 2.51. The number of amides is 1. The molecule has 200 valence electrons. The zero-order chi connectivity index (χ0) is 26.7. The van der Waals surface area contributed by atoms with Crippen molar-refractivity contribution in [3.8, 4) is 17.0 Å². The van der Waals surface area contributed by atoms with Gasteiger partial charge in [0.05, 0.1) is 29.7 Å². The van der Waals surface area contributed by atoms with Crippen LogP contribution in [0.15, 0.2) is 36.7 Å². The molecule has 1 aliphatic carbocycles. The molecule has 0 bridgehead atoms. The molecule has 4 heterocycles. The maximum Gasteiger partial charge on any atom is 0.401 e. The Kier molecular flexibility index (Phi) is 5.86. The molecule has 3 aromatic rings. The van der Waals surface area contributed by atoms with Crippen LogP contribution in [0.5, 0.6) is 5.75 Å². The number of pyridine rings is 1. The van der Waals surface area contributed by atoms with Crippen LogP contribution in [-0.2, 0) is 5.41 Å². The van der Waals surface area contributed by atoms with Gasteiger partial charge < -0.3 is 20.4 Å². The maximum absolute atomic E-state index is 14.4. The van der Waals surface area contributed by atoms with Gasteiger partial charge in [0.1, 0.15) is 18.2 Å². The summed E-state index contributed by atoms with van der Waals surface area (Å²) in [5.74, 6) is -0.222. The van der Waals surface area contributed by atoms with Crippen molar-refractivity contribution in [2.75, 3.05) is 31.6 Å². The van der Waals surface area contributed by atoms with Gasteiger partial charge in [-0.15, -0.1) is 0 Å². The molecule has 2 fully saturated rings. The molecule has 1 amide bonds. The topological polar surface area (TPSA) is 82.3 Å². The largest absolute Gasteiger partial charge is 0.490 e. The van der Waals surface area contributed by atoms with Gasteiger partial charge in [-0.25, -0.2) is 4.39 Å². The van der Waals surface area contributed by atoms with Crippen LogP contribution >= 0.6 is 0 Å². The smallest absolute Gasteiger partial charge is 0.401 e. The van der Waals surface area contributed by atoms with Gasteiger partial charge in [-0.05, 0) is 44.4 Å². The number of anilines is 2.